The van der Waals surface area contributed by atoms with Gasteiger partial charge in [0, 0.05) is 43.7 Å². The molecular weight excluding hydrogens is 406 g/mol. The van der Waals surface area contributed by atoms with Crippen LogP contribution in [0.15, 0.2) is 48.8 Å². The SMILES string of the molecule is CNc1cc(-c2ccc(OCc3c(-c4ccc(C(F)F)cn4)nnn3C)nn2)ccn1. The Labute approximate surface area is 176 Å². The summed E-state index contributed by atoms with van der Waals surface area (Å²) in [6.45, 7) is 0.101. The lowest BCUT2D eigenvalue weighted by Gasteiger charge is -2.08. The molecule has 4 aromatic rings. The summed E-state index contributed by atoms with van der Waals surface area (Å²) in [6.07, 6.45) is 0.235. The van der Waals surface area contributed by atoms with Crippen molar-refractivity contribution in [3.05, 3.63) is 60.0 Å². The Bertz CT molecular complexity index is 1160. The summed E-state index contributed by atoms with van der Waals surface area (Å²) in [7, 11) is 3.50. The molecule has 0 spiro atoms. The minimum absolute atomic E-state index is 0.101. The van der Waals surface area contributed by atoms with Crippen LogP contribution in [0.2, 0.25) is 0 Å². The number of nitrogens with one attached hydrogen (secondary N) is 1. The second-order valence-corrected chi connectivity index (χ2v) is 6.51. The van der Waals surface area contributed by atoms with Crippen molar-refractivity contribution in [1.29, 1.82) is 0 Å². The highest BCUT2D eigenvalue weighted by Crippen LogP contribution is 2.24. The molecular formula is C20H18F2N8O. The molecule has 31 heavy (non-hydrogen) atoms. The molecule has 0 atom stereocenters. The largest absolute Gasteiger partial charge is 0.470 e. The number of hydrogen-bond donors (Lipinski definition) is 1. The summed E-state index contributed by atoms with van der Waals surface area (Å²) in [5.74, 6) is 1.05. The van der Waals surface area contributed by atoms with Gasteiger partial charge in [0.25, 0.3) is 6.43 Å². The van der Waals surface area contributed by atoms with Crippen LogP contribution >= 0.6 is 0 Å². The number of halogens is 2. The fourth-order valence-electron chi connectivity index (χ4n) is 2.83. The predicted octanol–water partition coefficient (Wildman–Crippen LogP) is 3.29. The minimum Gasteiger partial charge on any atom is -0.470 e. The zero-order chi connectivity index (χ0) is 21.8. The van der Waals surface area contributed by atoms with Crippen LogP contribution in [0.3, 0.4) is 0 Å². The third-order valence-electron chi connectivity index (χ3n) is 4.53. The van der Waals surface area contributed by atoms with Gasteiger partial charge >= 0.3 is 0 Å². The Morgan fingerprint density at radius 3 is 2.55 bits per heavy atom. The topological polar surface area (TPSA) is 104 Å². The molecule has 4 aromatic heterocycles. The van der Waals surface area contributed by atoms with E-state index >= 15 is 0 Å². The molecule has 0 aliphatic carbocycles. The molecule has 0 bridgehead atoms. The Balaban J connectivity index is 1.49. The summed E-state index contributed by atoms with van der Waals surface area (Å²) in [5.41, 5.74) is 2.89. The fraction of sp³-hybridized carbons (Fsp3) is 0.200. The third-order valence-corrected chi connectivity index (χ3v) is 4.53. The molecule has 158 valence electrons. The van der Waals surface area contributed by atoms with Crippen molar-refractivity contribution in [3.8, 4) is 28.5 Å². The van der Waals surface area contributed by atoms with Crippen LogP contribution in [-0.2, 0) is 13.7 Å². The van der Waals surface area contributed by atoms with E-state index in [2.05, 4.69) is 35.8 Å². The number of pyridine rings is 2. The first kappa shape index (κ1) is 20.3. The molecule has 0 radical (unpaired) electrons. The van der Waals surface area contributed by atoms with Gasteiger partial charge in [-0.1, -0.05) is 5.21 Å². The average molecular weight is 424 g/mol. The summed E-state index contributed by atoms with van der Waals surface area (Å²) in [6, 6.07) is 10.0. The smallest absolute Gasteiger partial charge is 0.265 e. The van der Waals surface area contributed by atoms with E-state index in [1.807, 2.05) is 12.1 Å². The van der Waals surface area contributed by atoms with E-state index in [1.165, 1.54) is 16.8 Å². The molecule has 4 rings (SSSR count). The minimum atomic E-state index is -2.58. The van der Waals surface area contributed by atoms with Crippen LogP contribution in [-0.4, -0.2) is 42.2 Å². The fourth-order valence-corrected chi connectivity index (χ4v) is 2.83. The maximum Gasteiger partial charge on any atom is 0.265 e. The molecule has 1 N–H and O–H groups in total. The van der Waals surface area contributed by atoms with E-state index in [-0.39, 0.29) is 12.2 Å². The van der Waals surface area contributed by atoms with Crippen molar-refractivity contribution in [2.75, 3.05) is 12.4 Å². The van der Waals surface area contributed by atoms with Gasteiger partial charge in [-0.3, -0.25) is 4.98 Å². The molecule has 0 fully saturated rings. The Morgan fingerprint density at radius 1 is 1.03 bits per heavy atom. The van der Waals surface area contributed by atoms with E-state index in [0.29, 0.717) is 28.7 Å². The van der Waals surface area contributed by atoms with Crippen LogP contribution < -0.4 is 10.1 Å². The van der Waals surface area contributed by atoms with E-state index in [1.54, 1.807) is 32.4 Å². The van der Waals surface area contributed by atoms with Crippen molar-refractivity contribution in [2.24, 2.45) is 7.05 Å². The molecule has 0 saturated carbocycles. The van der Waals surface area contributed by atoms with E-state index in [4.69, 9.17) is 4.74 Å². The monoisotopic (exact) mass is 424 g/mol. The highest BCUT2D eigenvalue weighted by atomic mass is 19.3. The second-order valence-electron chi connectivity index (χ2n) is 6.51. The van der Waals surface area contributed by atoms with Crippen molar-refractivity contribution < 1.29 is 13.5 Å². The lowest BCUT2D eigenvalue weighted by atomic mass is 10.2. The zero-order valence-electron chi connectivity index (χ0n) is 16.7. The van der Waals surface area contributed by atoms with Gasteiger partial charge in [0.1, 0.15) is 23.8 Å². The van der Waals surface area contributed by atoms with Crippen LogP contribution in [0, 0.1) is 0 Å². The summed E-state index contributed by atoms with van der Waals surface area (Å²) in [5, 5.41) is 19.4. The first-order chi connectivity index (χ1) is 15.0. The quantitative estimate of drug-likeness (QED) is 0.482. The standard InChI is InChI=1S/C20H18F2N8O/c1-23-17-9-12(7-8-24-17)14-5-6-18(27-26-14)31-11-16-19(28-29-30(16)2)15-4-3-13(10-25-15)20(21)22/h3-10,20H,11H2,1-2H3,(H,23,24). The van der Waals surface area contributed by atoms with Crippen LogP contribution in [0.1, 0.15) is 17.7 Å². The van der Waals surface area contributed by atoms with Crippen molar-refractivity contribution >= 4 is 5.82 Å². The van der Waals surface area contributed by atoms with Gasteiger partial charge in [-0.15, -0.1) is 15.3 Å². The predicted molar refractivity (Wildman–Crippen MR) is 108 cm³/mol. The van der Waals surface area contributed by atoms with Crippen LogP contribution in [0.5, 0.6) is 5.88 Å². The van der Waals surface area contributed by atoms with E-state index < -0.39 is 6.43 Å². The van der Waals surface area contributed by atoms with Gasteiger partial charge in [0.05, 0.1) is 11.4 Å². The Kier molecular flexibility index (Phi) is 5.74. The van der Waals surface area contributed by atoms with Gasteiger partial charge in [0.15, 0.2) is 0 Å². The summed E-state index contributed by atoms with van der Waals surface area (Å²) < 4.78 is 32.8. The number of nitrogens with zero attached hydrogens (tertiary/aromatic N) is 7. The van der Waals surface area contributed by atoms with Gasteiger partial charge in [-0.05, 0) is 30.3 Å². The molecule has 4 heterocycles. The first-order valence-electron chi connectivity index (χ1n) is 9.29. The lowest BCUT2D eigenvalue weighted by Crippen LogP contribution is -2.06. The number of rotatable bonds is 7. The van der Waals surface area contributed by atoms with Crippen molar-refractivity contribution in [1.82, 2.24) is 35.2 Å². The molecule has 9 nitrogen and oxygen atoms in total. The molecule has 0 aliphatic heterocycles. The molecule has 11 heteroatoms. The maximum absolute atomic E-state index is 12.8. The van der Waals surface area contributed by atoms with Crippen LogP contribution in [0.25, 0.3) is 22.6 Å². The third kappa shape index (κ3) is 4.44. The Hall–Kier alpha value is -4.02. The lowest BCUT2D eigenvalue weighted by molar-refractivity contribution is 0.151. The van der Waals surface area contributed by atoms with Crippen molar-refractivity contribution in [2.45, 2.75) is 13.0 Å². The Morgan fingerprint density at radius 2 is 1.87 bits per heavy atom. The van der Waals surface area contributed by atoms with Crippen LogP contribution in [0.4, 0.5) is 14.6 Å². The summed E-state index contributed by atoms with van der Waals surface area (Å²) >= 11 is 0. The molecule has 0 amide bonds. The number of alkyl halides is 2. The van der Waals surface area contributed by atoms with Gasteiger partial charge in [-0.2, -0.15) is 0 Å². The highest BCUT2D eigenvalue weighted by Gasteiger charge is 2.16. The number of anilines is 1. The normalized spacial score (nSPS) is 11.0. The number of hydrogen-bond acceptors (Lipinski definition) is 8. The second kappa shape index (κ2) is 8.78. The molecule has 0 aliphatic rings. The molecule has 0 unspecified atom stereocenters. The molecule has 0 aromatic carbocycles. The van der Waals surface area contributed by atoms with E-state index in [9.17, 15) is 8.78 Å². The van der Waals surface area contributed by atoms with Gasteiger partial charge in [-0.25, -0.2) is 18.4 Å². The molecule has 0 saturated heterocycles. The number of ether oxygens (including phenoxy) is 1. The van der Waals surface area contributed by atoms with Gasteiger partial charge < -0.3 is 10.1 Å². The number of aryl methyl sites for hydroxylation is 1. The van der Waals surface area contributed by atoms with Gasteiger partial charge in [0.2, 0.25) is 5.88 Å². The van der Waals surface area contributed by atoms with Crippen molar-refractivity contribution in [3.63, 3.8) is 0 Å². The highest BCUT2D eigenvalue weighted by molar-refractivity contribution is 5.62. The first-order valence-corrected chi connectivity index (χ1v) is 9.29. The average Bonchev–Trinajstić information content (AvgIpc) is 3.18. The summed E-state index contributed by atoms with van der Waals surface area (Å²) in [4.78, 5) is 8.24. The zero-order valence-corrected chi connectivity index (χ0v) is 16.7. The number of aromatic nitrogens is 7. The van der Waals surface area contributed by atoms with E-state index in [0.717, 1.165) is 17.6 Å². The maximum atomic E-state index is 12.8.